The summed E-state index contributed by atoms with van der Waals surface area (Å²) in [4.78, 5) is 19.0. The van der Waals surface area contributed by atoms with E-state index >= 15 is 0 Å². The first-order valence-corrected chi connectivity index (χ1v) is 7.26. The summed E-state index contributed by atoms with van der Waals surface area (Å²) in [6, 6.07) is 1.55. The SMILES string of the molecule is NCC1(CNc2cc(=O)[nH]c(C3CC3)n2)CCCC1. The molecule has 0 bridgehead atoms. The second kappa shape index (κ2) is 4.96. The molecule has 5 nitrogen and oxygen atoms in total. The van der Waals surface area contributed by atoms with Crippen LogP contribution >= 0.6 is 0 Å². The van der Waals surface area contributed by atoms with Gasteiger partial charge in [0.05, 0.1) is 0 Å². The lowest BCUT2D eigenvalue weighted by Gasteiger charge is -2.27. The van der Waals surface area contributed by atoms with Crippen molar-refractivity contribution in [3.63, 3.8) is 0 Å². The molecule has 2 saturated carbocycles. The minimum absolute atomic E-state index is 0.0624. The second-order valence-corrected chi connectivity index (χ2v) is 6.05. The molecule has 104 valence electrons. The molecule has 1 heterocycles. The van der Waals surface area contributed by atoms with E-state index in [0.29, 0.717) is 18.3 Å². The topological polar surface area (TPSA) is 83.8 Å². The molecule has 0 saturated heterocycles. The first kappa shape index (κ1) is 12.7. The fraction of sp³-hybridized carbons (Fsp3) is 0.714. The fourth-order valence-electron chi connectivity index (χ4n) is 2.97. The molecule has 2 aliphatic rings. The van der Waals surface area contributed by atoms with Gasteiger partial charge >= 0.3 is 0 Å². The molecule has 2 aliphatic carbocycles. The molecular weight excluding hydrogens is 240 g/mol. The van der Waals surface area contributed by atoms with Crippen molar-refractivity contribution < 1.29 is 0 Å². The molecule has 19 heavy (non-hydrogen) atoms. The van der Waals surface area contributed by atoms with E-state index in [1.54, 1.807) is 6.07 Å². The lowest BCUT2D eigenvalue weighted by Crippen LogP contribution is -2.35. The van der Waals surface area contributed by atoms with E-state index in [2.05, 4.69) is 15.3 Å². The second-order valence-electron chi connectivity index (χ2n) is 6.05. The van der Waals surface area contributed by atoms with Crippen molar-refractivity contribution >= 4 is 5.82 Å². The van der Waals surface area contributed by atoms with Crippen molar-refractivity contribution in [2.45, 2.75) is 44.4 Å². The number of nitrogens with one attached hydrogen (secondary N) is 2. The Morgan fingerprint density at radius 3 is 2.79 bits per heavy atom. The van der Waals surface area contributed by atoms with Gasteiger partial charge in [0.2, 0.25) is 0 Å². The zero-order valence-electron chi connectivity index (χ0n) is 11.2. The van der Waals surface area contributed by atoms with Gasteiger partial charge in [0.15, 0.2) is 0 Å². The Hall–Kier alpha value is -1.36. The number of aromatic amines is 1. The quantitative estimate of drug-likeness (QED) is 0.752. The summed E-state index contributed by atoms with van der Waals surface area (Å²) in [5.74, 6) is 2.00. The monoisotopic (exact) mass is 262 g/mol. The van der Waals surface area contributed by atoms with E-state index in [1.807, 2.05) is 0 Å². The molecule has 4 N–H and O–H groups in total. The van der Waals surface area contributed by atoms with Crippen LogP contribution in [0.4, 0.5) is 5.82 Å². The smallest absolute Gasteiger partial charge is 0.252 e. The fourth-order valence-corrected chi connectivity index (χ4v) is 2.97. The summed E-state index contributed by atoms with van der Waals surface area (Å²) in [5, 5.41) is 3.33. The summed E-state index contributed by atoms with van der Waals surface area (Å²) in [6.45, 7) is 1.53. The Morgan fingerprint density at radius 2 is 2.16 bits per heavy atom. The van der Waals surface area contributed by atoms with Crippen LogP contribution in [0.3, 0.4) is 0 Å². The third-order valence-corrected chi connectivity index (χ3v) is 4.47. The Kier molecular flexibility index (Phi) is 3.31. The van der Waals surface area contributed by atoms with Gasteiger partial charge in [-0.15, -0.1) is 0 Å². The zero-order chi connectivity index (χ0) is 13.3. The molecule has 3 rings (SSSR count). The first-order chi connectivity index (χ1) is 9.21. The Morgan fingerprint density at radius 1 is 1.42 bits per heavy atom. The highest BCUT2D eigenvalue weighted by Crippen LogP contribution is 2.38. The van der Waals surface area contributed by atoms with Crippen LogP contribution in [0.25, 0.3) is 0 Å². The van der Waals surface area contributed by atoms with Gasteiger partial charge in [-0.2, -0.15) is 0 Å². The Labute approximate surface area is 113 Å². The van der Waals surface area contributed by atoms with Gasteiger partial charge in [-0.1, -0.05) is 12.8 Å². The lowest BCUT2D eigenvalue weighted by atomic mass is 9.86. The normalized spacial score (nSPS) is 21.5. The van der Waals surface area contributed by atoms with Crippen LogP contribution < -0.4 is 16.6 Å². The molecule has 2 fully saturated rings. The summed E-state index contributed by atoms with van der Waals surface area (Å²) in [6.07, 6.45) is 7.15. The van der Waals surface area contributed by atoms with Gasteiger partial charge in [0.25, 0.3) is 5.56 Å². The van der Waals surface area contributed by atoms with Crippen molar-refractivity contribution in [2.75, 3.05) is 18.4 Å². The van der Waals surface area contributed by atoms with Crippen molar-refractivity contribution in [1.29, 1.82) is 0 Å². The third-order valence-electron chi connectivity index (χ3n) is 4.47. The predicted molar refractivity (Wildman–Crippen MR) is 75.3 cm³/mol. The summed E-state index contributed by atoms with van der Waals surface area (Å²) in [5.41, 5.74) is 6.06. The van der Waals surface area contributed by atoms with Crippen molar-refractivity contribution in [1.82, 2.24) is 9.97 Å². The highest BCUT2D eigenvalue weighted by atomic mass is 16.1. The van der Waals surface area contributed by atoms with Crippen LogP contribution in [0.2, 0.25) is 0 Å². The number of nitrogens with two attached hydrogens (primary N) is 1. The predicted octanol–water partition coefficient (Wildman–Crippen LogP) is 1.58. The molecule has 0 radical (unpaired) electrons. The molecule has 0 aliphatic heterocycles. The van der Waals surface area contributed by atoms with Crippen LogP contribution in [-0.2, 0) is 0 Å². The first-order valence-electron chi connectivity index (χ1n) is 7.26. The van der Waals surface area contributed by atoms with E-state index < -0.39 is 0 Å². The summed E-state index contributed by atoms with van der Waals surface area (Å²) >= 11 is 0. The number of aromatic nitrogens is 2. The molecule has 0 aromatic carbocycles. The number of nitrogens with zero attached hydrogens (tertiary/aromatic N) is 1. The van der Waals surface area contributed by atoms with Crippen molar-refractivity contribution in [3.8, 4) is 0 Å². The van der Waals surface area contributed by atoms with Crippen LogP contribution in [0.15, 0.2) is 10.9 Å². The highest BCUT2D eigenvalue weighted by Gasteiger charge is 2.32. The van der Waals surface area contributed by atoms with Gasteiger partial charge in [0, 0.05) is 18.5 Å². The molecule has 0 amide bonds. The maximum absolute atomic E-state index is 11.6. The van der Waals surface area contributed by atoms with Crippen LogP contribution in [0.1, 0.15) is 50.3 Å². The summed E-state index contributed by atoms with van der Waals surface area (Å²) in [7, 11) is 0. The van der Waals surface area contributed by atoms with Crippen LogP contribution in [0, 0.1) is 5.41 Å². The molecule has 0 spiro atoms. The average Bonchev–Trinajstić information content (AvgIpc) is 3.16. The number of hydrogen-bond acceptors (Lipinski definition) is 4. The maximum Gasteiger partial charge on any atom is 0.252 e. The molecular formula is C14H22N4O. The average molecular weight is 262 g/mol. The van der Waals surface area contributed by atoms with E-state index in [-0.39, 0.29) is 11.0 Å². The number of hydrogen-bond donors (Lipinski definition) is 3. The largest absolute Gasteiger partial charge is 0.369 e. The van der Waals surface area contributed by atoms with Gasteiger partial charge < -0.3 is 16.0 Å². The minimum atomic E-state index is -0.0624. The number of H-pyrrole nitrogens is 1. The number of anilines is 1. The van der Waals surface area contributed by atoms with E-state index in [1.165, 1.54) is 25.7 Å². The van der Waals surface area contributed by atoms with Crippen LogP contribution in [-0.4, -0.2) is 23.1 Å². The van der Waals surface area contributed by atoms with Gasteiger partial charge in [-0.25, -0.2) is 4.98 Å². The van der Waals surface area contributed by atoms with Crippen molar-refractivity contribution in [3.05, 3.63) is 22.2 Å². The van der Waals surface area contributed by atoms with Crippen molar-refractivity contribution in [2.24, 2.45) is 11.1 Å². The minimum Gasteiger partial charge on any atom is -0.369 e. The maximum atomic E-state index is 11.6. The molecule has 1 aromatic rings. The lowest BCUT2D eigenvalue weighted by molar-refractivity contribution is 0.332. The number of rotatable bonds is 5. The third kappa shape index (κ3) is 2.81. The molecule has 0 atom stereocenters. The van der Waals surface area contributed by atoms with Crippen LogP contribution in [0.5, 0.6) is 0 Å². The van der Waals surface area contributed by atoms with Gasteiger partial charge in [-0.3, -0.25) is 4.79 Å². The van der Waals surface area contributed by atoms with E-state index in [4.69, 9.17) is 5.73 Å². The standard InChI is InChI=1S/C14H22N4O/c15-8-14(5-1-2-6-14)9-16-11-7-12(19)18-13(17-11)10-3-4-10/h7,10H,1-6,8-9,15H2,(H2,16,17,18,19). The Balaban J connectivity index is 1.70. The van der Waals surface area contributed by atoms with E-state index in [0.717, 1.165) is 25.2 Å². The molecule has 5 heteroatoms. The summed E-state index contributed by atoms with van der Waals surface area (Å²) < 4.78 is 0. The van der Waals surface area contributed by atoms with Gasteiger partial charge in [-0.05, 0) is 37.6 Å². The Bertz CT molecular complexity index is 500. The molecule has 0 unspecified atom stereocenters. The highest BCUT2D eigenvalue weighted by molar-refractivity contribution is 5.34. The molecule has 1 aromatic heterocycles. The zero-order valence-corrected chi connectivity index (χ0v) is 11.2. The van der Waals surface area contributed by atoms with E-state index in [9.17, 15) is 4.79 Å². The van der Waals surface area contributed by atoms with Gasteiger partial charge in [0.1, 0.15) is 11.6 Å².